The molecule has 0 aliphatic carbocycles. The SMILES string of the molecule is [H-].[H-].[Mg+2].c1ccc2ccccc2c1. The summed E-state index contributed by atoms with van der Waals surface area (Å²) < 4.78 is 0. The summed E-state index contributed by atoms with van der Waals surface area (Å²) in [7, 11) is 0. The van der Waals surface area contributed by atoms with Crippen LogP contribution in [-0.2, 0) is 0 Å². The van der Waals surface area contributed by atoms with Crippen LogP contribution in [0.25, 0.3) is 10.8 Å². The Bertz CT molecular complexity index is 284. The second-order valence-electron chi connectivity index (χ2n) is 2.35. The van der Waals surface area contributed by atoms with Crippen molar-refractivity contribution in [3.8, 4) is 0 Å². The van der Waals surface area contributed by atoms with Gasteiger partial charge >= 0.3 is 23.1 Å². The van der Waals surface area contributed by atoms with Crippen LogP contribution in [0.4, 0.5) is 0 Å². The summed E-state index contributed by atoms with van der Waals surface area (Å²) in [5.41, 5.74) is 0. The van der Waals surface area contributed by atoms with Gasteiger partial charge < -0.3 is 2.85 Å². The minimum atomic E-state index is 0. The van der Waals surface area contributed by atoms with Crippen molar-refractivity contribution in [2.24, 2.45) is 0 Å². The zero-order chi connectivity index (χ0) is 6.81. The molecule has 0 unspecified atom stereocenters. The third kappa shape index (κ3) is 1.73. The molecule has 0 atom stereocenters. The van der Waals surface area contributed by atoms with Gasteiger partial charge in [0.25, 0.3) is 0 Å². The van der Waals surface area contributed by atoms with Crippen molar-refractivity contribution in [1.82, 2.24) is 0 Å². The van der Waals surface area contributed by atoms with E-state index in [1.807, 2.05) is 0 Å². The van der Waals surface area contributed by atoms with E-state index in [-0.39, 0.29) is 25.9 Å². The molecular weight excluding hydrogens is 144 g/mol. The van der Waals surface area contributed by atoms with Crippen LogP contribution in [0.15, 0.2) is 48.5 Å². The van der Waals surface area contributed by atoms with Crippen LogP contribution in [0.3, 0.4) is 0 Å². The summed E-state index contributed by atoms with van der Waals surface area (Å²) in [6.45, 7) is 0. The molecule has 1 heteroatoms. The van der Waals surface area contributed by atoms with Gasteiger partial charge in [0, 0.05) is 0 Å². The van der Waals surface area contributed by atoms with Crippen LogP contribution < -0.4 is 0 Å². The molecule has 0 fully saturated rings. The zero-order valence-electron chi connectivity index (χ0n) is 8.33. The van der Waals surface area contributed by atoms with Crippen molar-refractivity contribution in [3.05, 3.63) is 48.5 Å². The van der Waals surface area contributed by atoms with Crippen LogP contribution in [-0.4, -0.2) is 23.1 Å². The first-order valence-corrected chi connectivity index (χ1v) is 3.40. The Morgan fingerprint density at radius 2 is 0.909 bits per heavy atom. The maximum Gasteiger partial charge on any atom is 2.00 e. The second kappa shape index (κ2) is 3.74. The van der Waals surface area contributed by atoms with Crippen molar-refractivity contribution in [1.29, 1.82) is 0 Å². The minimum absolute atomic E-state index is 0. The average molecular weight is 154 g/mol. The van der Waals surface area contributed by atoms with E-state index in [0.717, 1.165) is 0 Å². The summed E-state index contributed by atoms with van der Waals surface area (Å²) in [5, 5.41) is 2.62. The van der Waals surface area contributed by atoms with Gasteiger partial charge in [0.15, 0.2) is 0 Å². The van der Waals surface area contributed by atoms with E-state index < -0.39 is 0 Å². The molecule has 0 saturated carbocycles. The fraction of sp³-hybridized carbons (Fsp3) is 0. The van der Waals surface area contributed by atoms with Crippen molar-refractivity contribution < 1.29 is 2.85 Å². The largest absolute Gasteiger partial charge is 2.00 e. The Morgan fingerprint density at radius 1 is 0.636 bits per heavy atom. The quantitative estimate of drug-likeness (QED) is 0.512. The van der Waals surface area contributed by atoms with E-state index in [4.69, 9.17) is 0 Å². The van der Waals surface area contributed by atoms with Gasteiger partial charge in [-0.3, -0.25) is 0 Å². The monoisotopic (exact) mass is 154 g/mol. The van der Waals surface area contributed by atoms with E-state index in [0.29, 0.717) is 0 Å². The average Bonchev–Trinajstić information content (AvgIpc) is 2.05. The van der Waals surface area contributed by atoms with Gasteiger partial charge in [-0.25, -0.2) is 0 Å². The standard InChI is InChI=1S/C10H8.Mg.2H/c1-2-6-10-8-4-3-7-9(10)5-1;;;/h1-8H;;;/q;+2;2*-1. The third-order valence-corrected chi connectivity index (χ3v) is 1.66. The van der Waals surface area contributed by atoms with Crippen LogP contribution >= 0.6 is 0 Å². The predicted molar refractivity (Wildman–Crippen MR) is 51.9 cm³/mol. The van der Waals surface area contributed by atoms with Gasteiger partial charge in [-0.2, -0.15) is 0 Å². The Labute approximate surface area is 85.4 Å². The maximum atomic E-state index is 2.12. The normalized spacial score (nSPS) is 9.09. The summed E-state index contributed by atoms with van der Waals surface area (Å²) >= 11 is 0. The Balaban J connectivity index is 0. The van der Waals surface area contributed by atoms with E-state index in [1.54, 1.807) is 0 Å². The van der Waals surface area contributed by atoms with E-state index >= 15 is 0 Å². The maximum absolute atomic E-state index is 2.12. The molecule has 0 nitrogen and oxygen atoms in total. The molecule has 0 saturated heterocycles. The minimum Gasteiger partial charge on any atom is -1.00 e. The Kier molecular flexibility index (Phi) is 2.91. The smallest absolute Gasteiger partial charge is 1.00 e. The van der Waals surface area contributed by atoms with Crippen molar-refractivity contribution >= 4 is 33.8 Å². The molecule has 0 aliphatic rings. The van der Waals surface area contributed by atoms with Crippen LogP contribution in [0.2, 0.25) is 0 Å². The second-order valence-corrected chi connectivity index (χ2v) is 2.35. The van der Waals surface area contributed by atoms with E-state index in [9.17, 15) is 0 Å². The fourth-order valence-corrected chi connectivity index (χ4v) is 1.13. The number of hydrogen-bond acceptors (Lipinski definition) is 0. The molecular formula is C10H10Mg. The molecule has 0 bridgehead atoms. The van der Waals surface area contributed by atoms with Crippen LogP contribution in [0, 0.1) is 0 Å². The molecule has 0 heterocycles. The van der Waals surface area contributed by atoms with Gasteiger partial charge in [0.1, 0.15) is 0 Å². The van der Waals surface area contributed by atoms with Crippen LogP contribution in [0.5, 0.6) is 0 Å². The molecule has 0 spiro atoms. The molecule has 2 aromatic rings. The molecule has 2 aromatic carbocycles. The zero-order valence-corrected chi connectivity index (χ0v) is 7.74. The molecule has 0 aromatic heterocycles. The predicted octanol–water partition coefficient (Wildman–Crippen LogP) is 2.68. The summed E-state index contributed by atoms with van der Waals surface area (Å²) in [5.74, 6) is 0. The van der Waals surface area contributed by atoms with Gasteiger partial charge in [0.05, 0.1) is 0 Å². The molecule has 11 heavy (non-hydrogen) atoms. The number of rotatable bonds is 0. The molecule has 0 radical (unpaired) electrons. The molecule has 0 amide bonds. The first-order valence-electron chi connectivity index (χ1n) is 3.40. The topological polar surface area (TPSA) is 0 Å². The van der Waals surface area contributed by atoms with Crippen molar-refractivity contribution in [2.45, 2.75) is 0 Å². The number of fused-ring (bicyclic) bond motifs is 1. The molecule has 2 rings (SSSR count). The van der Waals surface area contributed by atoms with Gasteiger partial charge in [-0.05, 0) is 10.8 Å². The van der Waals surface area contributed by atoms with E-state index in [1.165, 1.54) is 10.8 Å². The number of benzene rings is 2. The van der Waals surface area contributed by atoms with Gasteiger partial charge in [0.2, 0.25) is 0 Å². The Morgan fingerprint density at radius 3 is 1.18 bits per heavy atom. The first-order chi connectivity index (χ1) is 4.97. The summed E-state index contributed by atoms with van der Waals surface area (Å²) in [6.07, 6.45) is 0. The first kappa shape index (κ1) is 8.56. The van der Waals surface area contributed by atoms with Gasteiger partial charge in [-0.15, -0.1) is 0 Å². The van der Waals surface area contributed by atoms with Crippen LogP contribution in [0.1, 0.15) is 2.85 Å². The molecule has 0 N–H and O–H groups in total. The summed E-state index contributed by atoms with van der Waals surface area (Å²) in [6, 6.07) is 16.7. The van der Waals surface area contributed by atoms with Gasteiger partial charge in [-0.1, -0.05) is 48.5 Å². The number of hydrogen-bond donors (Lipinski definition) is 0. The summed E-state index contributed by atoms with van der Waals surface area (Å²) in [4.78, 5) is 0. The molecule has 52 valence electrons. The Hall–Kier alpha value is -0.534. The van der Waals surface area contributed by atoms with Crippen molar-refractivity contribution in [3.63, 3.8) is 0 Å². The third-order valence-electron chi connectivity index (χ3n) is 1.66. The fourth-order valence-electron chi connectivity index (χ4n) is 1.13. The van der Waals surface area contributed by atoms with E-state index in [2.05, 4.69) is 48.5 Å². The molecule has 0 aliphatic heterocycles. The van der Waals surface area contributed by atoms with Crippen molar-refractivity contribution in [2.75, 3.05) is 0 Å².